The van der Waals surface area contributed by atoms with Crippen LogP contribution in [0.15, 0.2) is 4.79 Å². The summed E-state index contributed by atoms with van der Waals surface area (Å²) in [6, 6.07) is -1.07. The molecular weight excluding hydrogens is 198 g/mol. The molecule has 1 aromatic heterocycles. The van der Waals surface area contributed by atoms with Gasteiger partial charge in [-0.25, -0.2) is 4.79 Å². The molecule has 1 aromatic rings. The molecule has 7 heteroatoms. The summed E-state index contributed by atoms with van der Waals surface area (Å²) in [6.07, 6.45) is -0.00704. The zero-order valence-electron chi connectivity index (χ0n) is 6.50. The van der Waals surface area contributed by atoms with E-state index >= 15 is 0 Å². The van der Waals surface area contributed by atoms with Crippen molar-refractivity contribution in [2.75, 3.05) is 0 Å². The second-order valence-electron chi connectivity index (χ2n) is 2.52. The van der Waals surface area contributed by atoms with Gasteiger partial charge < -0.3 is 15.8 Å². The van der Waals surface area contributed by atoms with Crippen LogP contribution in [-0.4, -0.2) is 27.1 Å². The Hall–Kier alpha value is -1.27. The molecule has 1 atom stereocenters. The molecule has 0 radical (unpaired) electrons. The smallest absolute Gasteiger partial charge is 0.324 e. The molecule has 0 aliphatic heterocycles. The van der Waals surface area contributed by atoms with Crippen LogP contribution in [0.1, 0.15) is 5.69 Å². The maximum absolute atomic E-state index is 10.7. The summed E-state index contributed by atoms with van der Waals surface area (Å²) in [4.78, 5) is 25.6. The topological polar surface area (TPSA) is 112 Å². The molecule has 0 saturated heterocycles. The third-order valence-corrected chi connectivity index (χ3v) is 1.82. The highest BCUT2D eigenvalue weighted by atomic mass is 35.5. The normalized spacial score (nSPS) is 12.8. The number of rotatable bonds is 3. The van der Waals surface area contributed by atoms with Gasteiger partial charge in [-0.15, -0.1) is 0 Å². The van der Waals surface area contributed by atoms with Crippen LogP contribution in [0.25, 0.3) is 0 Å². The maximum Gasteiger partial charge on any atom is 0.324 e. The van der Waals surface area contributed by atoms with Crippen LogP contribution < -0.4 is 11.4 Å². The highest BCUT2D eigenvalue weighted by molar-refractivity contribution is 6.30. The van der Waals surface area contributed by atoms with Crippen molar-refractivity contribution in [1.82, 2.24) is 9.97 Å². The SMILES string of the molecule is NC(Cc1[nH]c(=O)[nH]c1Cl)C(=O)O. The van der Waals surface area contributed by atoms with Gasteiger partial charge in [0.05, 0.1) is 5.69 Å². The van der Waals surface area contributed by atoms with Gasteiger partial charge in [-0.1, -0.05) is 11.6 Å². The van der Waals surface area contributed by atoms with Crippen molar-refractivity contribution < 1.29 is 9.90 Å². The summed E-state index contributed by atoms with van der Waals surface area (Å²) in [5.74, 6) is -1.14. The van der Waals surface area contributed by atoms with Crippen molar-refractivity contribution in [2.24, 2.45) is 5.73 Å². The minimum atomic E-state index is -1.14. The van der Waals surface area contributed by atoms with Gasteiger partial charge in [-0.05, 0) is 0 Å². The van der Waals surface area contributed by atoms with E-state index in [0.717, 1.165) is 0 Å². The van der Waals surface area contributed by atoms with Crippen LogP contribution in [0.3, 0.4) is 0 Å². The Labute approximate surface area is 77.7 Å². The zero-order chi connectivity index (χ0) is 10.0. The molecule has 1 heterocycles. The van der Waals surface area contributed by atoms with Crippen LogP contribution in [0.5, 0.6) is 0 Å². The van der Waals surface area contributed by atoms with Crippen LogP contribution in [0.2, 0.25) is 5.15 Å². The third kappa shape index (κ3) is 2.33. The number of halogens is 1. The Balaban J connectivity index is 2.80. The van der Waals surface area contributed by atoms with Gasteiger partial charge in [-0.2, -0.15) is 0 Å². The molecule has 0 spiro atoms. The molecule has 0 amide bonds. The minimum absolute atomic E-state index is 0.00704. The van der Waals surface area contributed by atoms with E-state index in [4.69, 9.17) is 22.4 Å². The molecule has 6 nitrogen and oxygen atoms in total. The second kappa shape index (κ2) is 3.63. The van der Waals surface area contributed by atoms with Gasteiger partial charge in [0.25, 0.3) is 0 Å². The van der Waals surface area contributed by atoms with Crippen LogP contribution in [0, 0.1) is 0 Å². The van der Waals surface area contributed by atoms with E-state index in [1.54, 1.807) is 0 Å². The third-order valence-electron chi connectivity index (χ3n) is 1.49. The lowest BCUT2D eigenvalue weighted by atomic mass is 10.2. The number of aliphatic carboxylic acids is 1. The fraction of sp³-hybridized carbons (Fsp3) is 0.333. The van der Waals surface area contributed by atoms with E-state index in [-0.39, 0.29) is 11.6 Å². The molecule has 0 aliphatic carbocycles. The van der Waals surface area contributed by atoms with Crippen molar-refractivity contribution in [3.8, 4) is 0 Å². The average molecular weight is 206 g/mol. The van der Waals surface area contributed by atoms with E-state index < -0.39 is 17.7 Å². The summed E-state index contributed by atoms with van der Waals surface area (Å²) >= 11 is 5.56. The number of hydrogen-bond acceptors (Lipinski definition) is 3. The molecule has 0 bridgehead atoms. The first-order valence-corrected chi connectivity index (χ1v) is 3.83. The summed E-state index contributed by atoms with van der Waals surface area (Å²) in [7, 11) is 0. The molecule has 0 fully saturated rings. The van der Waals surface area contributed by atoms with E-state index in [9.17, 15) is 9.59 Å². The fourth-order valence-electron chi connectivity index (χ4n) is 0.846. The van der Waals surface area contributed by atoms with Crippen molar-refractivity contribution >= 4 is 17.6 Å². The number of carboxylic acid groups (broad SMARTS) is 1. The summed E-state index contributed by atoms with van der Waals surface area (Å²) in [6.45, 7) is 0. The zero-order valence-corrected chi connectivity index (χ0v) is 7.26. The maximum atomic E-state index is 10.7. The number of aromatic amines is 2. The Morgan fingerprint density at radius 2 is 2.23 bits per heavy atom. The van der Waals surface area contributed by atoms with Crippen LogP contribution in [0.4, 0.5) is 0 Å². The van der Waals surface area contributed by atoms with Gasteiger partial charge in [0, 0.05) is 6.42 Å². The number of imidazole rings is 1. The second-order valence-corrected chi connectivity index (χ2v) is 2.90. The van der Waals surface area contributed by atoms with Gasteiger partial charge in [0.2, 0.25) is 0 Å². The van der Waals surface area contributed by atoms with Crippen molar-refractivity contribution in [3.05, 3.63) is 21.3 Å². The molecule has 0 saturated carbocycles. The Bertz CT molecular complexity index is 369. The quantitative estimate of drug-likeness (QED) is 0.523. The Morgan fingerprint density at radius 1 is 1.62 bits per heavy atom. The van der Waals surface area contributed by atoms with Gasteiger partial charge in [-0.3, -0.25) is 9.78 Å². The van der Waals surface area contributed by atoms with Crippen molar-refractivity contribution in [2.45, 2.75) is 12.5 Å². The lowest BCUT2D eigenvalue weighted by Crippen LogP contribution is -2.32. The molecule has 13 heavy (non-hydrogen) atoms. The predicted molar refractivity (Wildman–Crippen MR) is 45.7 cm³/mol. The van der Waals surface area contributed by atoms with E-state index in [2.05, 4.69) is 9.97 Å². The molecule has 0 aliphatic rings. The number of nitrogens with one attached hydrogen (secondary N) is 2. The Kier molecular flexibility index (Phi) is 2.74. The van der Waals surface area contributed by atoms with Crippen molar-refractivity contribution in [1.29, 1.82) is 0 Å². The van der Waals surface area contributed by atoms with E-state index in [1.807, 2.05) is 0 Å². The predicted octanol–water partition coefficient (Wildman–Crippen LogP) is -0.689. The number of carbonyl (C=O) groups is 1. The molecule has 5 N–H and O–H groups in total. The first-order chi connectivity index (χ1) is 6.00. The highest BCUT2D eigenvalue weighted by Gasteiger charge is 2.15. The number of aromatic nitrogens is 2. The van der Waals surface area contributed by atoms with Gasteiger partial charge in [0.1, 0.15) is 11.2 Å². The molecule has 1 unspecified atom stereocenters. The number of H-pyrrole nitrogens is 2. The standard InChI is InChI=1S/C6H8ClN3O3/c7-4-3(9-6(13)10-4)1-2(8)5(11)12/h2H,1,8H2,(H,11,12)(H2,9,10,13). The summed E-state index contributed by atoms with van der Waals surface area (Å²) < 4.78 is 0. The largest absolute Gasteiger partial charge is 0.480 e. The lowest BCUT2D eigenvalue weighted by Gasteiger charge is -2.03. The van der Waals surface area contributed by atoms with E-state index in [1.165, 1.54) is 0 Å². The van der Waals surface area contributed by atoms with Gasteiger partial charge >= 0.3 is 11.7 Å². The highest BCUT2D eigenvalue weighted by Crippen LogP contribution is 2.08. The van der Waals surface area contributed by atoms with Crippen LogP contribution in [-0.2, 0) is 11.2 Å². The molecule has 72 valence electrons. The number of nitrogens with two attached hydrogens (primary N) is 1. The molecule has 0 aromatic carbocycles. The molecular formula is C6H8ClN3O3. The van der Waals surface area contributed by atoms with E-state index in [0.29, 0.717) is 5.69 Å². The monoisotopic (exact) mass is 205 g/mol. The summed E-state index contributed by atoms with van der Waals surface area (Å²) in [5, 5.41) is 8.57. The summed E-state index contributed by atoms with van der Waals surface area (Å²) in [5.41, 5.74) is 5.07. The average Bonchev–Trinajstić information content (AvgIpc) is 2.30. The van der Waals surface area contributed by atoms with Gasteiger partial charge in [0.15, 0.2) is 0 Å². The first-order valence-electron chi connectivity index (χ1n) is 3.45. The number of hydrogen-bond donors (Lipinski definition) is 4. The fourth-order valence-corrected chi connectivity index (χ4v) is 1.06. The van der Waals surface area contributed by atoms with Crippen LogP contribution >= 0.6 is 11.6 Å². The minimum Gasteiger partial charge on any atom is -0.480 e. The lowest BCUT2D eigenvalue weighted by molar-refractivity contribution is -0.138. The first kappa shape index (κ1) is 9.82. The number of carboxylic acids is 1. The Morgan fingerprint density at radius 3 is 2.62 bits per heavy atom. The van der Waals surface area contributed by atoms with Crippen molar-refractivity contribution in [3.63, 3.8) is 0 Å². The molecule has 1 rings (SSSR count).